The van der Waals surface area contributed by atoms with Gasteiger partial charge in [-0.25, -0.2) is 4.68 Å². The van der Waals surface area contributed by atoms with Gasteiger partial charge in [-0.2, -0.15) is 0 Å². The zero-order valence-electron chi connectivity index (χ0n) is 13.9. The largest absolute Gasteiger partial charge is 0.357 e. The van der Waals surface area contributed by atoms with Crippen molar-refractivity contribution in [3.05, 3.63) is 35.4 Å². The molecule has 0 radical (unpaired) electrons. The molecule has 0 atom stereocenters. The number of fused-ring (bicyclic) bond motifs is 1. The third kappa shape index (κ3) is 3.08. The molecule has 128 valence electrons. The van der Waals surface area contributed by atoms with Crippen LogP contribution in [0, 0.1) is 0 Å². The van der Waals surface area contributed by atoms with Gasteiger partial charge in [-0.1, -0.05) is 11.6 Å². The average Bonchev–Trinajstić information content (AvgIpc) is 3.21. The van der Waals surface area contributed by atoms with E-state index in [0.29, 0.717) is 12.2 Å². The van der Waals surface area contributed by atoms with Gasteiger partial charge in [0.05, 0.1) is 12.2 Å². The Hall–Kier alpha value is -2.15. The van der Waals surface area contributed by atoms with Crippen molar-refractivity contribution in [1.82, 2.24) is 29.8 Å². The molecule has 7 heteroatoms. The van der Waals surface area contributed by atoms with Gasteiger partial charge in [0, 0.05) is 25.8 Å². The van der Waals surface area contributed by atoms with Crippen molar-refractivity contribution in [1.29, 1.82) is 0 Å². The van der Waals surface area contributed by atoms with E-state index in [4.69, 9.17) is 0 Å². The first kappa shape index (κ1) is 15.4. The number of nitrogens with one attached hydrogen (secondary N) is 1. The highest BCUT2D eigenvalue weighted by molar-refractivity contribution is 5.92. The van der Waals surface area contributed by atoms with Gasteiger partial charge in [-0.15, -0.1) is 5.10 Å². The number of hydrogen-bond donors (Lipinski definition) is 1. The van der Waals surface area contributed by atoms with Gasteiger partial charge >= 0.3 is 0 Å². The Morgan fingerprint density at radius 2 is 2.00 bits per heavy atom. The summed E-state index contributed by atoms with van der Waals surface area (Å²) < 4.78 is 1.99. The van der Waals surface area contributed by atoms with Gasteiger partial charge in [-0.05, 0) is 44.5 Å². The normalized spacial score (nSPS) is 19.1. The zero-order chi connectivity index (χ0) is 16.4. The third-order valence-corrected chi connectivity index (χ3v) is 4.99. The smallest absolute Gasteiger partial charge is 0.270 e. The number of carbonyl (C=O) groups is 1. The number of amides is 1. The summed E-state index contributed by atoms with van der Waals surface area (Å²) in [6.45, 7) is 5.30. The summed E-state index contributed by atoms with van der Waals surface area (Å²) in [5.41, 5.74) is 2.77. The monoisotopic (exact) mass is 328 g/mol. The molecule has 2 aliphatic rings. The Labute approximate surface area is 141 Å². The average molecular weight is 328 g/mol. The van der Waals surface area contributed by atoms with Crippen LogP contribution in [0.15, 0.2) is 18.3 Å². The number of H-pyrrole nitrogens is 1. The first-order valence-electron chi connectivity index (χ1n) is 8.87. The summed E-state index contributed by atoms with van der Waals surface area (Å²) >= 11 is 0. The lowest BCUT2D eigenvalue weighted by Gasteiger charge is -2.26. The summed E-state index contributed by atoms with van der Waals surface area (Å²) in [5.74, 6) is 0.0542. The third-order valence-electron chi connectivity index (χ3n) is 4.99. The topological polar surface area (TPSA) is 70.0 Å². The minimum atomic E-state index is 0.0542. The standard InChI is InChI=1S/C17H24N6O/c24-17(14-6-4-7-18-14)22-10-5-11-23-16(13-22)15(19-20-23)12-21-8-2-1-3-9-21/h4,6-7,18H,1-3,5,8-13H2. The van der Waals surface area contributed by atoms with Crippen molar-refractivity contribution < 1.29 is 4.79 Å². The number of aromatic nitrogens is 4. The van der Waals surface area contributed by atoms with Crippen LogP contribution in [0.4, 0.5) is 0 Å². The number of hydrogen-bond acceptors (Lipinski definition) is 4. The van der Waals surface area contributed by atoms with Gasteiger partial charge in [-0.3, -0.25) is 9.69 Å². The minimum Gasteiger partial charge on any atom is -0.357 e. The van der Waals surface area contributed by atoms with Crippen molar-refractivity contribution in [2.45, 2.75) is 45.3 Å². The molecule has 1 fully saturated rings. The van der Waals surface area contributed by atoms with Gasteiger partial charge in [0.15, 0.2) is 0 Å². The molecular formula is C17H24N6O. The molecule has 1 saturated heterocycles. The number of likely N-dealkylation sites (tertiary alicyclic amines) is 1. The summed E-state index contributed by atoms with van der Waals surface area (Å²) in [5, 5.41) is 8.75. The van der Waals surface area contributed by atoms with E-state index in [1.165, 1.54) is 19.3 Å². The molecule has 0 bridgehead atoms. The van der Waals surface area contributed by atoms with E-state index < -0.39 is 0 Å². The van der Waals surface area contributed by atoms with Gasteiger partial charge < -0.3 is 9.88 Å². The van der Waals surface area contributed by atoms with E-state index in [2.05, 4.69) is 20.2 Å². The van der Waals surface area contributed by atoms with Crippen LogP contribution in [0.2, 0.25) is 0 Å². The van der Waals surface area contributed by atoms with Crippen molar-refractivity contribution in [2.24, 2.45) is 0 Å². The van der Waals surface area contributed by atoms with E-state index >= 15 is 0 Å². The molecule has 0 aromatic carbocycles. The van der Waals surface area contributed by atoms with E-state index in [1.807, 2.05) is 21.7 Å². The summed E-state index contributed by atoms with van der Waals surface area (Å²) in [7, 11) is 0. The van der Waals surface area contributed by atoms with Crippen LogP contribution in [0.25, 0.3) is 0 Å². The van der Waals surface area contributed by atoms with E-state index in [9.17, 15) is 4.79 Å². The number of nitrogens with zero attached hydrogens (tertiary/aromatic N) is 5. The molecule has 0 saturated carbocycles. The molecule has 2 aliphatic heterocycles. The molecule has 2 aromatic rings. The number of carbonyl (C=O) groups excluding carboxylic acids is 1. The summed E-state index contributed by atoms with van der Waals surface area (Å²) in [4.78, 5) is 20.1. The van der Waals surface area contributed by atoms with E-state index in [1.54, 1.807) is 6.20 Å². The minimum absolute atomic E-state index is 0.0542. The van der Waals surface area contributed by atoms with E-state index in [-0.39, 0.29) is 5.91 Å². The highest BCUT2D eigenvalue weighted by atomic mass is 16.2. The lowest BCUT2D eigenvalue weighted by molar-refractivity contribution is 0.0739. The second-order valence-electron chi connectivity index (χ2n) is 6.71. The van der Waals surface area contributed by atoms with Crippen LogP contribution in [-0.2, 0) is 19.6 Å². The Bertz CT molecular complexity index is 686. The van der Waals surface area contributed by atoms with Crippen LogP contribution in [0.1, 0.15) is 47.6 Å². The number of aryl methyl sites for hydroxylation is 1. The van der Waals surface area contributed by atoms with Gasteiger partial charge in [0.1, 0.15) is 11.4 Å². The van der Waals surface area contributed by atoms with Crippen LogP contribution < -0.4 is 0 Å². The molecule has 4 rings (SSSR count). The van der Waals surface area contributed by atoms with Crippen molar-refractivity contribution in [2.75, 3.05) is 19.6 Å². The second kappa shape index (κ2) is 6.76. The van der Waals surface area contributed by atoms with Crippen LogP contribution in [-0.4, -0.2) is 55.3 Å². The fraction of sp³-hybridized carbons (Fsp3) is 0.588. The SMILES string of the molecule is O=C(c1ccc[nH]1)N1CCCn2nnc(CN3CCCCC3)c2C1. The fourth-order valence-corrected chi connectivity index (χ4v) is 3.65. The highest BCUT2D eigenvalue weighted by Crippen LogP contribution is 2.19. The van der Waals surface area contributed by atoms with Crippen molar-refractivity contribution >= 4 is 5.91 Å². The zero-order valence-corrected chi connectivity index (χ0v) is 13.9. The summed E-state index contributed by atoms with van der Waals surface area (Å²) in [6, 6.07) is 3.69. The highest BCUT2D eigenvalue weighted by Gasteiger charge is 2.25. The molecule has 2 aromatic heterocycles. The van der Waals surface area contributed by atoms with Crippen LogP contribution >= 0.6 is 0 Å². The Balaban J connectivity index is 1.52. The molecule has 0 unspecified atom stereocenters. The maximum Gasteiger partial charge on any atom is 0.270 e. The first-order chi connectivity index (χ1) is 11.8. The van der Waals surface area contributed by atoms with Gasteiger partial charge in [0.25, 0.3) is 5.91 Å². The predicted molar refractivity (Wildman–Crippen MR) is 89.3 cm³/mol. The van der Waals surface area contributed by atoms with E-state index in [0.717, 1.165) is 50.5 Å². The quantitative estimate of drug-likeness (QED) is 0.930. The van der Waals surface area contributed by atoms with Crippen LogP contribution in [0.5, 0.6) is 0 Å². The second-order valence-corrected chi connectivity index (χ2v) is 6.71. The summed E-state index contributed by atoms with van der Waals surface area (Å²) in [6.07, 6.45) is 6.56. The molecule has 1 N–H and O–H groups in total. The van der Waals surface area contributed by atoms with Crippen molar-refractivity contribution in [3.63, 3.8) is 0 Å². The lowest BCUT2D eigenvalue weighted by atomic mass is 10.1. The predicted octanol–water partition coefficient (Wildman–Crippen LogP) is 1.64. The molecule has 0 spiro atoms. The fourth-order valence-electron chi connectivity index (χ4n) is 3.65. The van der Waals surface area contributed by atoms with Crippen molar-refractivity contribution in [3.8, 4) is 0 Å². The Kier molecular flexibility index (Phi) is 4.34. The maximum atomic E-state index is 12.7. The molecule has 7 nitrogen and oxygen atoms in total. The Morgan fingerprint density at radius 3 is 2.79 bits per heavy atom. The lowest BCUT2D eigenvalue weighted by Crippen LogP contribution is -2.32. The molecule has 24 heavy (non-hydrogen) atoms. The molecule has 0 aliphatic carbocycles. The first-order valence-corrected chi connectivity index (χ1v) is 8.87. The van der Waals surface area contributed by atoms with Crippen LogP contribution in [0.3, 0.4) is 0 Å². The van der Waals surface area contributed by atoms with Gasteiger partial charge in [0.2, 0.25) is 0 Å². The molecule has 1 amide bonds. The number of piperidine rings is 1. The number of rotatable bonds is 3. The maximum absolute atomic E-state index is 12.7. The molecular weight excluding hydrogens is 304 g/mol. The Morgan fingerprint density at radius 1 is 1.12 bits per heavy atom. The number of aromatic amines is 1. The molecule has 4 heterocycles.